The second-order valence-corrected chi connectivity index (χ2v) is 7.76. The van der Waals surface area contributed by atoms with E-state index in [0.29, 0.717) is 36.8 Å². The zero-order valence-corrected chi connectivity index (χ0v) is 15.7. The molecule has 0 saturated heterocycles. The maximum atomic E-state index is 12.7. The van der Waals surface area contributed by atoms with Gasteiger partial charge in [-0.15, -0.1) is 0 Å². The van der Waals surface area contributed by atoms with Gasteiger partial charge in [-0.1, -0.05) is 55.8 Å². The summed E-state index contributed by atoms with van der Waals surface area (Å²) in [6.07, 6.45) is 3.07. The highest BCUT2D eigenvalue weighted by Gasteiger charge is 2.56. The van der Waals surface area contributed by atoms with Crippen molar-refractivity contribution in [2.24, 2.45) is 11.3 Å². The molecule has 140 valence electrons. The van der Waals surface area contributed by atoms with Gasteiger partial charge in [0.1, 0.15) is 0 Å². The number of imide groups is 1. The van der Waals surface area contributed by atoms with Crippen molar-refractivity contribution in [2.45, 2.75) is 32.8 Å². The molecule has 0 bridgehead atoms. The van der Waals surface area contributed by atoms with Crippen LogP contribution in [0.15, 0.2) is 54.6 Å². The number of ether oxygens (including phenoxy) is 1. The molecule has 4 rings (SSSR count). The Morgan fingerprint density at radius 1 is 1.00 bits per heavy atom. The summed E-state index contributed by atoms with van der Waals surface area (Å²) in [5.41, 5.74) is 2.25. The standard InChI is InChI=1S/C23H25NO3/c1-2-12-23(13-18(23)15-27-14-17-8-4-3-5-9-17)16-24-21(25)19-10-6-7-11-20(19)22(24)26/h3-11,18H,2,12-16H2,1H3/t18-,23+/m1/s1. The summed E-state index contributed by atoms with van der Waals surface area (Å²) in [6.45, 7) is 3.95. The number of nitrogens with zero attached hydrogens (tertiary/aromatic N) is 1. The first-order valence-electron chi connectivity index (χ1n) is 9.71. The summed E-state index contributed by atoms with van der Waals surface area (Å²) in [5, 5.41) is 0. The lowest BCUT2D eigenvalue weighted by molar-refractivity contribution is 0.0581. The molecule has 2 aliphatic rings. The van der Waals surface area contributed by atoms with Crippen LogP contribution in [-0.2, 0) is 11.3 Å². The summed E-state index contributed by atoms with van der Waals surface area (Å²) in [6, 6.07) is 17.3. The van der Waals surface area contributed by atoms with Gasteiger partial charge in [0, 0.05) is 6.54 Å². The van der Waals surface area contributed by atoms with Crippen molar-refractivity contribution in [3.05, 3.63) is 71.3 Å². The van der Waals surface area contributed by atoms with Crippen molar-refractivity contribution < 1.29 is 14.3 Å². The van der Waals surface area contributed by atoms with E-state index in [2.05, 4.69) is 19.1 Å². The summed E-state index contributed by atoms with van der Waals surface area (Å²) in [5.74, 6) is 0.106. The highest BCUT2D eigenvalue weighted by molar-refractivity contribution is 6.21. The SMILES string of the molecule is CCC[C@@]1(CN2C(=O)c3ccccc3C2=O)C[C@@H]1COCc1ccccc1. The van der Waals surface area contributed by atoms with Crippen LogP contribution in [0, 0.1) is 11.3 Å². The number of rotatable bonds is 8. The first-order valence-corrected chi connectivity index (χ1v) is 9.71. The van der Waals surface area contributed by atoms with Crippen LogP contribution in [0.1, 0.15) is 52.5 Å². The molecule has 1 heterocycles. The van der Waals surface area contributed by atoms with E-state index in [-0.39, 0.29) is 17.2 Å². The number of amides is 2. The number of carbonyl (C=O) groups excluding carboxylic acids is 2. The Balaban J connectivity index is 1.39. The van der Waals surface area contributed by atoms with Gasteiger partial charge in [-0.25, -0.2) is 0 Å². The maximum absolute atomic E-state index is 12.7. The molecule has 0 unspecified atom stereocenters. The fourth-order valence-corrected chi connectivity index (χ4v) is 4.34. The smallest absolute Gasteiger partial charge is 0.261 e. The molecule has 2 amide bonds. The monoisotopic (exact) mass is 363 g/mol. The van der Waals surface area contributed by atoms with Crippen molar-refractivity contribution in [2.75, 3.05) is 13.2 Å². The van der Waals surface area contributed by atoms with E-state index in [0.717, 1.165) is 19.3 Å². The third kappa shape index (κ3) is 3.42. The summed E-state index contributed by atoms with van der Waals surface area (Å²) in [7, 11) is 0. The molecular weight excluding hydrogens is 338 g/mol. The van der Waals surface area contributed by atoms with Crippen LogP contribution >= 0.6 is 0 Å². The van der Waals surface area contributed by atoms with Crippen molar-refractivity contribution in [3.63, 3.8) is 0 Å². The number of benzene rings is 2. The number of carbonyl (C=O) groups is 2. The van der Waals surface area contributed by atoms with Crippen molar-refractivity contribution in [1.82, 2.24) is 4.90 Å². The van der Waals surface area contributed by atoms with Gasteiger partial charge in [-0.2, -0.15) is 0 Å². The third-order valence-electron chi connectivity index (χ3n) is 5.89. The molecule has 0 aromatic heterocycles. The van der Waals surface area contributed by atoms with Gasteiger partial charge in [0.2, 0.25) is 0 Å². The predicted molar refractivity (Wildman–Crippen MR) is 103 cm³/mol. The molecule has 27 heavy (non-hydrogen) atoms. The Morgan fingerprint density at radius 3 is 2.26 bits per heavy atom. The minimum Gasteiger partial charge on any atom is -0.376 e. The van der Waals surface area contributed by atoms with Crippen LogP contribution in [0.5, 0.6) is 0 Å². The van der Waals surface area contributed by atoms with E-state index in [1.807, 2.05) is 30.3 Å². The molecule has 1 saturated carbocycles. The summed E-state index contributed by atoms with van der Waals surface area (Å²) in [4.78, 5) is 26.8. The minimum absolute atomic E-state index is 0.0127. The second kappa shape index (κ2) is 7.28. The number of fused-ring (bicyclic) bond motifs is 1. The normalized spacial score (nSPS) is 23.6. The Morgan fingerprint density at radius 2 is 1.63 bits per heavy atom. The predicted octanol–water partition coefficient (Wildman–Crippen LogP) is 4.31. The van der Waals surface area contributed by atoms with Crippen LogP contribution < -0.4 is 0 Å². The first kappa shape index (κ1) is 17.9. The lowest BCUT2D eigenvalue weighted by atomic mass is 9.96. The molecule has 4 nitrogen and oxygen atoms in total. The molecule has 0 spiro atoms. The van der Waals surface area contributed by atoms with Crippen molar-refractivity contribution in [3.8, 4) is 0 Å². The molecule has 2 aromatic carbocycles. The lowest BCUT2D eigenvalue weighted by Gasteiger charge is -2.23. The molecule has 2 aromatic rings. The Kier molecular flexibility index (Phi) is 4.83. The molecular formula is C23H25NO3. The zero-order chi connectivity index (χ0) is 18.9. The number of hydrogen-bond acceptors (Lipinski definition) is 3. The van der Waals surface area contributed by atoms with Crippen LogP contribution in [0.3, 0.4) is 0 Å². The molecule has 1 aliphatic heterocycles. The number of hydrogen-bond donors (Lipinski definition) is 0. The van der Waals surface area contributed by atoms with Gasteiger partial charge in [0.25, 0.3) is 11.8 Å². The molecule has 2 atom stereocenters. The molecule has 4 heteroatoms. The third-order valence-corrected chi connectivity index (χ3v) is 5.89. The Bertz CT molecular complexity index is 813. The molecule has 1 aliphatic carbocycles. The van der Waals surface area contributed by atoms with Crippen molar-refractivity contribution >= 4 is 11.8 Å². The zero-order valence-electron chi connectivity index (χ0n) is 15.7. The van der Waals surface area contributed by atoms with Crippen LogP contribution in [0.2, 0.25) is 0 Å². The average Bonchev–Trinajstić information content (AvgIpc) is 3.32. The van der Waals surface area contributed by atoms with Crippen LogP contribution in [0.25, 0.3) is 0 Å². The first-order chi connectivity index (χ1) is 13.1. The van der Waals surface area contributed by atoms with Crippen molar-refractivity contribution in [1.29, 1.82) is 0 Å². The molecule has 0 N–H and O–H groups in total. The fraction of sp³-hybridized carbons (Fsp3) is 0.391. The van der Waals surface area contributed by atoms with Gasteiger partial charge >= 0.3 is 0 Å². The lowest BCUT2D eigenvalue weighted by Crippen LogP contribution is -2.36. The van der Waals surface area contributed by atoms with E-state index in [4.69, 9.17) is 4.74 Å². The van der Waals surface area contributed by atoms with E-state index in [1.54, 1.807) is 12.1 Å². The van der Waals surface area contributed by atoms with Gasteiger partial charge in [0.15, 0.2) is 0 Å². The van der Waals surface area contributed by atoms with E-state index in [1.165, 1.54) is 10.5 Å². The molecule has 1 fully saturated rings. The van der Waals surface area contributed by atoms with Crippen LogP contribution in [-0.4, -0.2) is 29.9 Å². The minimum atomic E-state index is -0.151. The average molecular weight is 363 g/mol. The quantitative estimate of drug-likeness (QED) is 0.657. The van der Waals surface area contributed by atoms with Gasteiger partial charge in [-0.3, -0.25) is 14.5 Å². The highest BCUT2D eigenvalue weighted by atomic mass is 16.5. The Hall–Kier alpha value is -2.46. The van der Waals surface area contributed by atoms with Crippen LogP contribution in [0.4, 0.5) is 0 Å². The van der Waals surface area contributed by atoms with Gasteiger partial charge in [-0.05, 0) is 41.9 Å². The van der Waals surface area contributed by atoms with E-state index < -0.39 is 0 Å². The van der Waals surface area contributed by atoms with E-state index in [9.17, 15) is 9.59 Å². The van der Waals surface area contributed by atoms with Gasteiger partial charge < -0.3 is 4.74 Å². The maximum Gasteiger partial charge on any atom is 0.261 e. The molecule has 0 radical (unpaired) electrons. The largest absolute Gasteiger partial charge is 0.376 e. The van der Waals surface area contributed by atoms with E-state index >= 15 is 0 Å². The summed E-state index contributed by atoms with van der Waals surface area (Å²) >= 11 is 0. The summed E-state index contributed by atoms with van der Waals surface area (Å²) < 4.78 is 5.94. The Labute approximate surface area is 160 Å². The van der Waals surface area contributed by atoms with Gasteiger partial charge in [0.05, 0.1) is 24.3 Å². The highest BCUT2D eigenvalue weighted by Crippen LogP contribution is 2.57. The fourth-order valence-electron chi connectivity index (χ4n) is 4.34. The topological polar surface area (TPSA) is 46.6 Å². The second-order valence-electron chi connectivity index (χ2n) is 7.76.